The van der Waals surface area contributed by atoms with Crippen molar-refractivity contribution in [2.45, 2.75) is 38.5 Å². The summed E-state index contributed by atoms with van der Waals surface area (Å²) >= 11 is 0. The lowest BCUT2D eigenvalue weighted by Gasteiger charge is -2.10. The molecule has 1 saturated carbocycles. The molecule has 1 aliphatic carbocycles. The molecule has 0 spiro atoms. The monoisotopic (exact) mass is 265 g/mol. The number of anilines is 1. The van der Waals surface area contributed by atoms with E-state index in [0.717, 1.165) is 37.6 Å². The van der Waals surface area contributed by atoms with E-state index in [9.17, 15) is 0 Å². The van der Waals surface area contributed by atoms with Gasteiger partial charge < -0.3 is 14.8 Å². The molecule has 0 saturated heterocycles. The van der Waals surface area contributed by atoms with E-state index in [1.54, 1.807) is 7.11 Å². The van der Waals surface area contributed by atoms with Crippen LogP contribution < -0.4 is 10.1 Å². The zero-order valence-corrected chi connectivity index (χ0v) is 11.8. The molecule has 1 aromatic heterocycles. The van der Waals surface area contributed by atoms with Crippen molar-refractivity contribution in [1.82, 2.24) is 9.97 Å². The van der Waals surface area contributed by atoms with Crippen molar-refractivity contribution in [2.75, 3.05) is 32.2 Å². The molecule has 0 bridgehead atoms. The molecule has 1 heterocycles. The summed E-state index contributed by atoms with van der Waals surface area (Å²) in [5.74, 6) is 2.96. The Morgan fingerprint density at radius 2 is 2.16 bits per heavy atom. The number of rotatable bonds is 9. The smallest absolute Gasteiger partial charge is 0.218 e. The topological polar surface area (TPSA) is 56.3 Å². The zero-order chi connectivity index (χ0) is 13.5. The summed E-state index contributed by atoms with van der Waals surface area (Å²) in [4.78, 5) is 9.03. The van der Waals surface area contributed by atoms with Gasteiger partial charge in [0.1, 0.15) is 11.6 Å². The van der Waals surface area contributed by atoms with Crippen molar-refractivity contribution in [3.8, 4) is 5.88 Å². The summed E-state index contributed by atoms with van der Waals surface area (Å²) in [6.07, 6.45) is 4.56. The highest BCUT2D eigenvalue weighted by molar-refractivity contribution is 5.39. The van der Waals surface area contributed by atoms with E-state index < -0.39 is 0 Å². The molecule has 1 N–H and O–H groups in total. The molecule has 0 aromatic carbocycles. The van der Waals surface area contributed by atoms with Crippen molar-refractivity contribution < 1.29 is 9.47 Å². The lowest BCUT2D eigenvalue weighted by atomic mass is 10.3. The molecule has 5 nitrogen and oxygen atoms in total. The van der Waals surface area contributed by atoms with Gasteiger partial charge in [-0.15, -0.1) is 0 Å². The summed E-state index contributed by atoms with van der Waals surface area (Å²) < 4.78 is 10.7. The molecule has 0 atom stereocenters. The number of methoxy groups -OCH3 is 1. The summed E-state index contributed by atoms with van der Waals surface area (Å²) in [5, 5.41) is 3.24. The maximum absolute atomic E-state index is 5.69. The van der Waals surface area contributed by atoms with Gasteiger partial charge in [-0.25, -0.2) is 4.98 Å². The van der Waals surface area contributed by atoms with Crippen LogP contribution in [0.3, 0.4) is 0 Å². The minimum Gasteiger partial charge on any atom is -0.478 e. The van der Waals surface area contributed by atoms with Crippen LogP contribution in [-0.4, -0.2) is 36.8 Å². The van der Waals surface area contributed by atoms with Crippen LogP contribution in [0.25, 0.3) is 0 Å². The van der Waals surface area contributed by atoms with E-state index >= 15 is 0 Å². The maximum Gasteiger partial charge on any atom is 0.218 e. The molecule has 5 heteroatoms. The highest BCUT2D eigenvalue weighted by Gasteiger charge is 2.27. The van der Waals surface area contributed by atoms with E-state index in [-0.39, 0.29) is 0 Å². The van der Waals surface area contributed by atoms with Crippen LogP contribution in [0, 0.1) is 0 Å². The van der Waals surface area contributed by atoms with Crippen LogP contribution in [0.5, 0.6) is 5.88 Å². The van der Waals surface area contributed by atoms with E-state index in [1.165, 1.54) is 12.8 Å². The molecular formula is C14H23N3O2. The predicted molar refractivity (Wildman–Crippen MR) is 74.8 cm³/mol. The summed E-state index contributed by atoms with van der Waals surface area (Å²) in [7, 11) is 1.69. The second-order valence-electron chi connectivity index (χ2n) is 4.85. The normalized spacial score (nSPS) is 14.4. The molecule has 1 fully saturated rings. The fourth-order valence-electron chi connectivity index (χ4n) is 1.73. The predicted octanol–water partition coefficient (Wildman–Crippen LogP) is 2.59. The Kier molecular flexibility index (Phi) is 5.39. The average Bonchev–Trinajstić information content (AvgIpc) is 3.24. The lowest BCUT2D eigenvalue weighted by molar-refractivity contribution is 0.210. The van der Waals surface area contributed by atoms with Gasteiger partial charge in [-0.2, -0.15) is 4.98 Å². The Bertz CT molecular complexity index is 366. The first-order chi connectivity index (χ1) is 9.33. The highest BCUT2D eigenvalue weighted by Crippen LogP contribution is 2.39. The van der Waals surface area contributed by atoms with Gasteiger partial charge in [-0.1, -0.05) is 13.3 Å². The number of hydrogen-bond donors (Lipinski definition) is 1. The molecule has 0 radical (unpaired) electrons. The Hall–Kier alpha value is -1.36. The van der Waals surface area contributed by atoms with Crippen molar-refractivity contribution in [1.29, 1.82) is 0 Å². The van der Waals surface area contributed by atoms with Gasteiger partial charge in [-0.05, 0) is 19.3 Å². The number of nitrogens with zero attached hydrogens (tertiary/aromatic N) is 2. The maximum atomic E-state index is 5.69. The Balaban J connectivity index is 1.99. The van der Waals surface area contributed by atoms with E-state index in [4.69, 9.17) is 9.47 Å². The third-order valence-corrected chi connectivity index (χ3v) is 3.02. The zero-order valence-electron chi connectivity index (χ0n) is 11.8. The molecule has 2 rings (SSSR count). The van der Waals surface area contributed by atoms with E-state index in [2.05, 4.69) is 22.2 Å². The second-order valence-corrected chi connectivity index (χ2v) is 4.85. The van der Waals surface area contributed by atoms with Gasteiger partial charge in [0.05, 0.1) is 13.2 Å². The molecular weight excluding hydrogens is 242 g/mol. The number of ether oxygens (including phenoxy) is 2. The van der Waals surface area contributed by atoms with E-state index in [0.29, 0.717) is 18.4 Å². The summed E-state index contributed by atoms with van der Waals surface area (Å²) in [6.45, 7) is 4.27. The first kappa shape index (κ1) is 14.1. The standard InChI is InChI=1S/C14H23N3O2/c1-3-4-8-19-13-10-12(15-7-9-18-2)16-14(17-13)11-5-6-11/h10-11H,3-9H2,1-2H3,(H,15,16,17). The van der Waals surface area contributed by atoms with Gasteiger partial charge in [0.2, 0.25) is 5.88 Å². The van der Waals surface area contributed by atoms with Crippen LogP contribution in [0.2, 0.25) is 0 Å². The Morgan fingerprint density at radius 1 is 1.32 bits per heavy atom. The van der Waals surface area contributed by atoms with Gasteiger partial charge in [0.25, 0.3) is 0 Å². The Morgan fingerprint density at radius 3 is 2.84 bits per heavy atom. The fraction of sp³-hybridized carbons (Fsp3) is 0.714. The quantitative estimate of drug-likeness (QED) is 0.695. The molecule has 1 aromatic rings. The van der Waals surface area contributed by atoms with Gasteiger partial charge in [-0.3, -0.25) is 0 Å². The van der Waals surface area contributed by atoms with Gasteiger partial charge >= 0.3 is 0 Å². The number of hydrogen-bond acceptors (Lipinski definition) is 5. The third-order valence-electron chi connectivity index (χ3n) is 3.02. The van der Waals surface area contributed by atoms with Crippen molar-refractivity contribution in [3.05, 3.63) is 11.9 Å². The molecule has 0 amide bonds. The van der Waals surface area contributed by atoms with Crippen molar-refractivity contribution >= 4 is 5.82 Å². The lowest BCUT2D eigenvalue weighted by Crippen LogP contribution is -2.11. The largest absolute Gasteiger partial charge is 0.478 e. The summed E-state index contributed by atoms with van der Waals surface area (Å²) in [5.41, 5.74) is 0. The minimum atomic E-state index is 0.526. The second kappa shape index (κ2) is 7.28. The van der Waals surface area contributed by atoms with Crippen LogP contribution in [0.15, 0.2) is 6.07 Å². The van der Waals surface area contributed by atoms with E-state index in [1.807, 2.05) is 6.07 Å². The number of aromatic nitrogens is 2. The minimum absolute atomic E-state index is 0.526. The van der Waals surface area contributed by atoms with Gasteiger partial charge in [0, 0.05) is 25.6 Å². The van der Waals surface area contributed by atoms with Crippen LogP contribution >= 0.6 is 0 Å². The summed E-state index contributed by atoms with van der Waals surface area (Å²) in [6, 6.07) is 1.87. The number of unbranched alkanes of at least 4 members (excludes halogenated alkanes) is 1. The molecule has 0 aliphatic heterocycles. The van der Waals surface area contributed by atoms with Crippen LogP contribution in [-0.2, 0) is 4.74 Å². The molecule has 0 unspecified atom stereocenters. The first-order valence-corrected chi connectivity index (χ1v) is 7.08. The van der Waals surface area contributed by atoms with Gasteiger partial charge in [0.15, 0.2) is 0 Å². The molecule has 1 aliphatic rings. The van der Waals surface area contributed by atoms with Crippen LogP contribution in [0.1, 0.15) is 44.3 Å². The Labute approximate surface area is 114 Å². The average molecular weight is 265 g/mol. The number of nitrogens with one attached hydrogen (secondary N) is 1. The van der Waals surface area contributed by atoms with Crippen molar-refractivity contribution in [3.63, 3.8) is 0 Å². The third kappa shape index (κ3) is 4.67. The first-order valence-electron chi connectivity index (χ1n) is 7.08. The molecule has 19 heavy (non-hydrogen) atoms. The van der Waals surface area contributed by atoms with Crippen LogP contribution in [0.4, 0.5) is 5.82 Å². The molecule has 106 valence electrons. The fourth-order valence-corrected chi connectivity index (χ4v) is 1.73. The van der Waals surface area contributed by atoms with Crippen molar-refractivity contribution in [2.24, 2.45) is 0 Å². The SMILES string of the molecule is CCCCOc1cc(NCCOC)nc(C2CC2)n1. The highest BCUT2D eigenvalue weighted by atomic mass is 16.5.